The van der Waals surface area contributed by atoms with Crippen LogP contribution in [0.4, 0.5) is 4.79 Å². The second-order valence-electron chi connectivity index (χ2n) is 12.6. The fourth-order valence-corrected chi connectivity index (χ4v) is 6.88. The second-order valence-corrected chi connectivity index (χ2v) is 13.4. The number of fused-ring (bicyclic) bond motifs is 1. The fraction of sp³-hybridized carbons (Fsp3) is 0.400. The van der Waals surface area contributed by atoms with Crippen molar-refractivity contribution < 1.29 is 19.1 Å². The Morgan fingerprint density at radius 3 is 2.27 bits per heavy atom. The van der Waals surface area contributed by atoms with E-state index in [1.54, 1.807) is 18.2 Å². The van der Waals surface area contributed by atoms with Crippen LogP contribution in [0.5, 0.6) is 0 Å². The number of benzene rings is 3. The molecule has 3 amide bonds. The van der Waals surface area contributed by atoms with Crippen LogP contribution < -0.4 is 10.6 Å². The quantitative estimate of drug-likeness (QED) is 0.282. The SMILES string of the molecule is CC(C)(C)OC(=O)N[C@H]1CC[C@H](N2C(=O)c3ccccc3[C@@H](C(=O)NCCc3ccccc3)[C@@H]2c2ccc(Cl)cc2Cl)CC1. The van der Waals surface area contributed by atoms with Gasteiger partial charge in [-0.25, -0.2) is 4.79 Å². The van der Waals surface area contributed by atoms with Gasteiger partial charge in [-0.2, -0.15) is 0 Å². The Labute approximate surface area is 269 Å². The average Bonchev–Trinajstić information content (AvgIpc) is 2.97. The lowest BCUT2D eigenvalue weighted by molar-refractivity contribution is -0.124. The summed E-state index contributed by atoms with van der Waals surface area (Å²) in [7, 11) is 0. The van der Waals surface area contributed by atoms with E-state index in [1.165, 1.54) is 0 Å². The maximum absolute atomic E-state index is 14.3. The number of ether oxygens (including phenoxy) is 1. The first-order valence-electron chi connectivity index (χ1n) is 15.2. The number of hydrogen-bond acceptors (Lipinski definition) is 4. The molecule has 2 N–H and O–H groups in total. The molecule has 1 fully saturated rings. The molecule has 9 heteroatoms. The zero-order valence-electron chi connectivity index (χ0n) is 25.3. The number of halogens is 2. The molecule has 0 saturated heterocycles. The van der Waals surface area contributed by atoms with Crippen molar-refractivity contribution in [2.45, 2.75) is 82.5 Å². The number of nitrogens with one attached hydrogen (secondary N) is 2. The standard InChI is InChI=1S/C35H39Cl2N3O4/c1-35(2,3)44-34(43)39-24-14-16-25(17-15-24)40-31(28-18-13-23(36)21-29(28)37)30(26-11-7-8-12-27(26)33(40)42)32(41)38-20-19-22-9-5-4-6-10-22/h4-13,18,21,24-25,30-31H,14-17,19-20H2,1-3H3,(H,38,41)(H,39,43)/t24-,25-,30-,31+/m1/s1. The molecule has 2 atom stereocenters. The van der Waals surface area contributed by atoms with Gasteiger partial charge in [-0.3, -0.25) is 9.59 Å². The first kappa shape index (κ1) is 31.9. The van der Waals surface area contributed by atoms with Crippen LogP contribution in [0.25, 0.3) is 0 Å². The predicted octanol–water partition coefficient (Wildman–Crippen LogP) is 7.47. The summed E-state index contributed by atoms with van der Waals surface area (Å²) in [4.78, 5) is 42.7. The van der Waals surface area contributed by atoms with Crippen molar-refractivity contribution >= 4 is 41.1 Å². The molecule has 2 aliphatic rings. The Morgan fingerprint density at radius 2 is 1.59 bits per heavy atom. The normalized spacial score (nSPS) is 21.8. The van der Waals surface area contributed by atoms with Gasteiger partial charge in [0.1, 0.15) is 5.60 Å². The molecule has 1 heterocycles. The summed E-state index contributed by atoms with van der Waals surface area (Å²) in [5.41, 5.74) is 2.42. The largest absolute Gasteiger partial charge is 0.444 e. The number of hydrogen-bond donors (Lipinski definition) is 2. The van der Waals surface area contributed by atoms with Crippen LogP contribution in [0, 0.1) is 0 Å². The van der Waals surface area contributed by atoms with Gasteiger partial charge in [-0.15, -0.1) is 0 Å². The fourth-order valence-electron chi connectivity index (χ4n) is 6.36. The molecule has 232 valence electrons. The van der Waals surface area contributed by atoms with Crippen molar-refractivity contribution in [3.8, 4) is 0 Å². The molecule has 0 spiro atoms. The molecule has 1 saturated carbocycles. The second kappa shape index (κ2) is 13.6. The van der Waals surface area contributed by atoms with E-state index in [9.17, 15) is 14.4 Å². The van der Waals surface area contributed by atoms with Gasteiger partial charge in [0.05, 0.1) is 12.0 Å². The topological polar surface area (TPSA) is 87.7 Å². The maximum atomic E-state index is 14.3. The summed E-state index contributed by atoms with van der Waals surface area (Å²) in [5.74, 6) is -0.980. The van der Waals surface area contributed by atoms with Crippen LogP contribution in [-0.2, 0) is 16.0 Å². The zero-order chi connectivity index (χ0) is 31.4. The van der Waals surface area contributed by atoms with E-state index in [1.807, 2.05) is 80.3 Å². The van der Waals surface area contributed by atoms with Crippen LogP contribution in [0.1, 0.15) is 85.5 Å². The van der Waals surface area contributed by atoms with Gasteiger partial charge in [0.2, 0.25) is 5.91 Å². The first-order valence-corrected chi connectivity index (χ1v) is 15.9. The highest BCUT2D eigenvalue weighted by atomic mass is 35.5. The van der Waals surface area contributed by atoms with Crippen molar-refractivity contribution in [1.82, 2.24) is 15.5 Å². The Balaban J connectivity index is 1.45. The summed E-state index contributed by atoms with van der Waals surface area (Å²) in [5, 5.41) is 7.02. The molecule has 1 aliphatic heterocycles. The first-order chi connectivity index (χ1) is 21.0. The van der Waals surface area contributed by atoms with E-state index in [4.69, 9.17) is 27.9 Å². The Bertz CT molecular complexity index is 1500. The van der Waals surface area contributed by atoms with Crippen LogP contribution in [0.3, 0.4) is 0 Å². The number of nitrogens with zero attached hydrogens (tertiary/aromatic N) is 1. The predicted molar refractivity (Wildman–Crippen MR) is 173 cm³/mol. The number of amides is 3. The smallest absolute Gasteiger partial charge is 0.407 e. The Kier molecular flexibility index (Phi) is 9.86. The van der Waals surface area contributed by atoms with Crippen molar-refractivity contribution in [3.05, 3.63) is 105 Å². The molecule has 0 unspecified atom stereocenters. The van der Waals surface area contributed by atoms with Crippen LogP contribution in [0.15, 0.2) is 72.8 Å². The molecule has 0 bridgehead atoms. The summed E-state index contributed by atoms with van der Waals surface area (Å²) in [6, 6.07) is 21.7. The number of carbonyl (C=O) groups is 3. The van der Waals surface area contributed by atoms with Crippen molar-refractivity contribution in [2.75, 3.05) is 6.54 Å². The minimum absolute atomic E-state index is 0.0667. The maximum Gasteiger partial charge on any atom is 0.407 e. The highest BCUT2D eigenvalue weighted by molar-refractivity contribution is 6.35. The van der Waals surface area contributed by atoms with Crippen LogP contribution >= 0.6 is 23.2 Å². The van der Waals surface area contributed by atoms with Gasteiger partial charge in [-0.05, 0) is 87.8 Å². The number of carbonyl (C=O) groups excluding carboxylic acids is 3. The molecular weight excluding hydrogens is 597 g/mol. The monoisotopic (exact) mass is 635 g/mol. The molecule has 5 rings (SSSR count). The van der Waals surface area contributed by atoms with Crippen LogP contribution in [0.2, 0.25) is 10.0 Å². The molecule has 1 aliphatic carbocycles. The van der Waals surface area contributed by atoms with Gasteiger partial charge >= 0.3 is 6.09 Å². The highest BCUT2D eigenvalue weighted by Crippen LogP contribution is 2.47. The molecule has 44 heavy (non-hydrogen) atoms. The van der Waals surface area contributed by atoms with E-state index >= 15 is 0 Å². The van der Waals surface area contributed by atoms with E-state index in [2.05, 4.69) is 10.6 Å². The zero-order valence-corrected chi connectivity index (χ0v) is 26.8. The third kappa shape index (κ3) is 7.39. The van der Waals surface area contributed by atoms with Gasteiger partial charge in [0, 0.05) is 34.2 Å². The number of alkyl carbamates (subject to hydrolysis) is 1. The molecule has 0 aromatic heterocycles. The minimum atomic E-state index is -0.684. The summed E-state index contributed by atoms with van der Waals surface area (Å²) >= 11 is 13.1. The Hall–Kier alpha value is -3.55. The summed E-state index contributed by atoms with van der Waals surface area (Å²) < 4.78 is 5.45. The van der Waals surface area contributed by atoms with Gasteiger partial charge < -0.3 is 20.3 Å². The van der Waals surface area contributed by atoms with Crippen molar-refractivity contribution in [2.24, 2.45) is 0 Å². The molecule has 0 radical (unpaired) electrons. The van der Waals surface area contributed by atoms with E-state index in [0.29, 0.717) is 65.4 Å². The summed E-state index contributed by atoms with van der Waals surface area (Å²) in [6.45, 7) is 5.96. The Morgan fingerprint density at radius 1 is 0.909 bits per heavy atom. The van der Waals surface area contributed by atoms with E-state index in [0.717, 1.165) is 5.56 Å². The van der Waals surface area contributed by atoms with Gasteiger partial charge in [0.25, 0.3) is 5.91 Å². The lowest BCUT2D eigenvalue weighted by atomic mass is 9.76. The lowest BCUT2D eigenvalue weighted by Gasteiger charge is -2.47. The van der Waals surface area contributed by atoms with Crippen molar-refractivity contribution in [1.29, 1.82) is 0 Å². The average molecular weight is 637 g/mol. The van der Waals surface area contributed by atoms with Crippen molar-refractivity contribution in [3.63, 3.8) is 0 Å². The lowest BCUT2D eigenvalue weighted by Crippen LogP contribution is -2.53. The van der Waals surface area contributed by atoms with E-state index < -0.39 is 23.7 Å². The number of rotatable bonds is 7. The van der Waals surface area contributed by atoms with Crippen LogP contribution in [-0.4, -0.2) is 47.0 Å². The molecular formula is C35H39Cl2N3O4. The molecule has 3 aromatic carbocycles. The van der Waals surface area contributed by atoms with E-state index in [-0.39, 0.29) is 23.9 Å². The minimum Gasteiger partial charge on any atom is -0.444 e. The van der Waals surface area contributed by atoms with Gasteiger partial charge in [0.15, 0.2) is 0 Å². The highest BCUT2D eigenvalue weighted by Gasteiger charge is 2.47. The summed E-state index contributed by atoms with van der Waals surface area (Å²) in [6.07, 6.45) is 2.89. The third-order valence-corrected chi connectivity index (χ3v) is 8.87. The molecule has 7 nitrogen and oxygen atoms in total. The molecule has 3 aromatic rings. The third-order valence-electron chi connectivity index (χ3n) is 8.31. The van der Waals surface area contributed by atoms with Gasteiger partial charge in [-0.1, -0.05) is 77.8 Å².